The zero-order valence-corrected chi connectivity index (χ0v) is 66.6. The van der Waals surface area contributed by atoms with E-state index in [1.54, 1.807) is 0 Å². The predicted octanol–water partition coefficient (Wildman–Crippen LogP) is 23.8. The molecule has 5 unspecified atom stereocenters. The van der Waals surface area contributed by atoms with Crippen molar-refractivity contribution in [1.29, 1.82) is 0 Å². The number of aliphatic hydroxyl groups is 1. The molecule has 17 nitrogen and oxygen atoms in total. The van der Waals surface area contributed by atoms with Crippen LogP contribution in [0.25, 0.3) is 0 Å². The monoisotopic (exact) mass is 1480 g/mol. The minimum atomic E-state index is -4.98. The van der Waals surface area contributed by atoms with E-state index >= 15 is 0 Å². The number of phosphoric ester groups is 2. The first-order valence-corrected chi connectivity index (χ1v) is 43.8. The lowest BCUT2D eigenvalue weighted by molar-refractivity contribution is -0.161. The van der Waals surface area contributed by atoms with Gasteiger partial charge in [-0.3, -0.25) is 37.3 Å². The van der Waals surface area contributed by atoms with Gasteiger partial charge in [0.25, 0.3) is 0 Å². The van der Waals surface area contributed by atoms with Crippen LogP contribution in [0.1, 0.15) is 362 Å². The number of hydrogen-bond donors (Lipinski definition) is 3. The highest BCUT2D eigenvalue weighted by Gasteiger charge is 2.30. The molecular formula is C83H148O17P2. The van der Waals surface area contributed by atoms with Crippen LogP contribution < -0.4 is 0 Å². The first-order valence-electron chi connectivity index (χ1n) is 40.8. The highest BCUT2D eigenvalue weighted by Crippen LogP contribution is 2.45. The van der Waals surface area contributed by atoms with Crippen molar-refractivity contribution in [2.75, 3.05) is 39.6 Å². The van der Waals surface area contributed by atoms with E-state index in [-0.39, 0.29) is 25.7 Å². The Balaban J connectivity index is 5.34. The standard InChI is InChI=1S/C83H148O17P2/c1-5-9-13-17-21-25-29-33-36-37-38-39-42-45-48-52-56-60-64-68-81(86)94-73-78(99-82(87)69-65-61-57-53-49-43-32-28-24-20-16-12-8-4)75-97-101(89,90)95-71-77(84)72-96-102(91,92)98-76-79(100-83(88)70-66-62-58-54-50-46-41-35-31-27-23-19-15-11-7-3)74-93-80(85)67-63-59-55-51-47-44-40-34-30-26-22-18-14-10-6-2/h9,13,21-22,25-26,28,32-34,36,38-40,77-79,84H,5-8,10-12,14-20,23-24,27,29-31,35,37,41-76H2,1-4H3,(H,89,90)(H,91,92)/b13-9-,25-21-,26-22-,32-28-,36-33-,39-38-,40-34-. The Morgan fingerprint density at radius 2 is 0.510 bits per heavy atom. The van der Waals surface area contributed by atoms with Crippen LogP contribution in [0.2, 0.25) is 0 Å². The predicted molar refractivity (Wildman–Crippen MR) is 418 cm³/mol. The number of aliphatic hydroxyl groups excluding tert-OH is 1. The summed E-state index contributed by atoms with van der Waals surface area (Å²) in [6, 6.07) is 0. The number of carbonyl (C=O) groups is 4. The summed E-state index contributed by atoms with van der Waals surface area (Å²) in [6.45, 7) is 4.74. The molecule has 0 fully saturated rings. The molecule has 19 heteroatoms. The van der Waals surface area contributed by atoms with E-state index in [9.17, 15) is 43.2 Å². The molecule has 0 heterocycles. The molecule has 592 valence electrons. The maximum Gasteiger partial charge on any atom is 0.472 e. The third kappa shape index (κ3) is 74.5. The van der Waals surface area contributed by atoms with Crippen molar-refractivity contribution in [2.24, 2.45) is 0 Å². The van der Waals surface area contributed by atoms with E-state index in [2.05, 4.69) is 113 Å². The second kappa shape index (κ2) is 75.5. The summed E-state index contributed by atoms with van der Waals surface area (Å²) in [5.41, 5.74) is 0. The molecule has 0 aliphatic rings. The van der Waals surface area contributed by atoms with Gasteiger partial charge in [-0.15, -0.1) is 0 Å². The molecule has 0 bridgehead atoms. The molecule has 3 N–H and O–H groups in total. The Bertz CT molecular complexity index is 2260. The molecule has 0 radical (unpaired) electrons. The summed E-state index contributed by atoms with van der Waals surface area (Å²) < 4.78 is 68.6. The number of esters is 4. The van der Waals surface area contributed by atoms with Gasteiger partial charge in [0, 0.05) is 25.7 Å². The van der Waals surface area contributed by atoms with E-state index in [1.807, 2.05) is 0 Å². The Kier molecular flexibility index (Phi) is 72.7. The summed E-state index contributed by atoms with van der Waals surface area (Å²) >= 11 is 0. The number of hydrogen-bond acceptors (Lipinski definition) is 15. The molecule has 0 aromatic heterocycles. The molecule has 0 saturated heterocycles. The van der Waals surface area contributed by atoms with Crippen molar-refractivity contribution in [3.8, 4) is 0 Å². The number of carbonyl (C=O) groups excluding carboxylic acids is 4. The van der Waals surface area contributed by atoms with Crippen LogP contribution in [0.5, 0.6) is 0 Å². The van der Waals surface area contributed by atoms with E-state index in [0.717, 1.165) is 173 Å². The normalized spacial score (nSPS) is 14.3. The summed E-state index contributed by atoms with van der Waals surface area (Å²) in [6.07, 6.45) is 78.3. The van der Waals surface area contributed by atoms with Crippen LogP contribution in [0.4, 0.5) is 0 Å². The van der Waals surface area contributed by atoms with Crippen LogP contribution >= 0.6 is 15.6 Å². The molecule has 5 atom stereocenters. The SMILES string of the molecule is CC/C=C\C/C=C\C/C=C\C/C=C\CCCCCCCCC(=O)OCC(COP(=O)(O)OCC(O)COP(=O)(O)OCC(COC(=O)CCCCCCC/C=C\C/C=C\CCCCC)OC(=O)CCCCCCCCCCCCCCCCC)OC(=O)CCCCCCC/C=C\CCCCCC. The van der Waals surface area contributed by atoms with Gasteiger partial charge < -0.3 is 33.8 Å². The fourth-order valence-electron chi connectivity index (χ4n) is 11.1. The van der Waals surface area contributed by atoms with E-state index in [1.165, 1.54) is 109 Å². The molecule has 0 saturated carbocycles. The van der Waals surface area contributed by atoms with Crippen molar-refractivity contribution in [1.82, 2.24) is 0 Å². The molecule has 0 aliphatic carbocycles. The zero-order valence-electron chi connectivity index (χ0n) is 64.8. The molecule has 0 rings (SSSR count). The van der Waals surface area contributed by atoms with Crippen LogP contribution in [-0.4, -0.2) is 96.7 Å². The molecule has 0 aromatic rings. The lowest BCUT2D eigenvalue weighted by atomic mass is 10.0. The summed E-state index contributed by atoms with van der Waals surface area (Å²) in [4.78, 5) is 73.0. The zero-order chi connectivity index (χ0) is 74.6. The van der Waals surface area contributed by atoms with E-state index in [4.69, 9.17) is 37.0 Å². The van der Waals surface area contributed by atoms with Gasteiger partial charge in [-0.1, -0.05) is 299 Å². The van der Waals surface area contributed by atoms with Gasteiger partial charge in [0.1, 0.15) is 19.3 Å². The quantitative estimate of drug-likeness (QED) is 0.0169. The molecule has 0 aliphatic heterocycles. The van der Waals surface area contributed by atoms with Crippen molar-refractivity contribution in [2.45, 2.75) is 380 Å². The van der Waals surface area contributed by atoms with Crippen molar-refractivity contribution in [3.05, 3.63) is 85.1 Å². The fraction of sp³-hybridized carbons (Fsp3) is 0.783. The average Bonchev–Trinajstić information content (AvgIpc) is 0.908. The number of unbranched alkanes of at least 4 members (excludes halogenated alkanes) is 37. The minimum Gasteiger partial charge on any atom is -0.462 e. The van der Waals surface area contributed by atoms with Gasteiger partial charge in [0.05, 0.1) is 26.4 Å². The van der Waals surface area contributed by atoms with Crippen molar-refractivity contribution >= 4 is 39.5 Å². The Hall–Kier alpha value is -3.76. The lowest BCUT2D eigenvalue weighted by Crippen LogP contribution is -2.30. The number of phosphoric acid groups is 2. The summed E-state index contributed by atoms with van der Waals surface area (Å²) in [5, 5.41) is 10.6. The van der Waals surface area contributed by atoms with E-state index < -0.39 is 97.5 Å². The van der Waals surface area contributed by atoms with E-state index in [0.29, 0.717) is 25.7 Å². The number of ether oxygens (including phenoxy) is 4. The smallest absolute Gasteiger partial charge is 0.462 e. The van der Waals surface area contributed by atoms with Crippen molar-refractivity contribution in [3.63, 3.8) is 0 Å². The first-order chi connectivity index (χ1) is 49.7. The van der Waals surface area contributed by atoms with Crippen molar-refractivity contribution < 1.29 is 80.2 Å². The lowest BCUT2D eigenvalue weighted by Gasteiger charge is -2.21. The summed E-state index contributed by atoms with van der Waals surface area (Å²) in [7, 11) is -9.95. The minimum absolute atomic E-state index is 0.0828. The first kappa shape index (κ1) is 98.2. The van der Waals surface area contributed by atoms with Crippen LogP contribution in [0, 0.1) is 0 Å². The Labute approximate surface area is 621 Å². The maximum atomic E-state index is 13.1. The summed E-state index contributed by atoms with van der Waals surface area (Å²) in [5.74, 6) is -2.19. The van der Waals surface area contributed by atoms with Gasteiger partial charge in [0.15, 0.2) is 12.2 Å². The topological polar surface area (TPSA) is 237 Å². The molecular weight excluding hydrogens is 1330 g/mol. The second-order valence-electron chi connectivity index (χ2n) is 27.3. The Morgan fingerprint density at radius 3 is 0.824 bits per heavy atom. The van der Waals surface area contributed by atoms with Gasteiger partial charge in [-0.2, -0.15) is 0 Å². The third-order valence-corrected chi connectivity index (χ3v) is 19.2. The van der Waals surface area contributed by atoms with Gasteiger partial charge >= 0.3 is 39.5 Å². The number of allylic oxidation sites excluding steroid dienone is 14. The second-order valence-corrected chi connectivity index (χ2v) is 30.2. The molecule has 0 spiro atoms. The molecule has 0 amide bonds. The van der Waals surface area contributed by atoms with Crippen LogP contribution in [0.15, 0.2) is 85.1 Å². The average molecular weight is 1480 g/mol. The molecule has 0 aromatic carbocycles. The highest BCUT2D eigenvalue weighted by molar-refractivity contribution is 7.47. The number of rotatable bonds is 77. The van der Waals surface area contributed by atoms with Crippen LogP contribution in [-0.2, 0) is 65.4 Å². The van der Waals surface area contributed by atoms with Crippen LogP contribution in [0.3, 0.4) is 0 Å². The molecule has 102 heavy (non-hydrogen) atoms. The highest BCUT2D eigenvalue weighted by atomic mass is 31.2. The third-order valence-electron chi connectivity index (χ3n) is 17.3. The largest absolute Gasteiger partial charge is 0.472 e. The van der Waals surface area contributed by atoms with Gasteiger partial charge in [0.2, 0.25) is 0 Å². The van der Waals surface area contributed by atoms with Gasteiger partial charge in [-0.25, -0.2) is 9.13 Å². The maximum absolute atomic E-state index is 13.1. The Morgan fingerprint density at radius 1 is 0.284 bits per heavy atom. The fourth-order valence-corrected chi connectivity index (χ4v) is 12.7. The van der Waals surface area contributed by atoms with Gasteiger partial charge in [-0.05, 0) is 122 Å².